The molecular formula is C15H21N3O6. The van der Waals surface area contributed by atoms with E-state index >= 15 is 0 Å². The lowest BCUT2D eigenvalue weighted by molar-refractivity contribution is -0.145. The number of anilines is 1. The zero-order chi connectivity index (χ0) is 18.3. The summed E-state index contributed by atoms with van der Waals surface area (Å²) in [4.78, 5) is 39.2. The van der Waals surface area contributed by atoms with Gasteiger partial charge in [0.2, 0.25) is 0 Å². The van der Waals surface area contributed by atoms with E-state index in [0.29, 0.717) is 5.56 Å². The molecule has 0 bridgehead atoms. The van der Waals surface area contributed by atoms with Crippen LogP contribution >= 0.6 is 0 Å². The lowest BCUT2D eigenvalue weighted by Crippen LogP contribution is -2.37. The number of aromatic nitrogens is 1. The third-order valence-electron chi connectivity index (χ3n) is 2.58. The molecule has 2 amide bonds. The highest BCUT2D eigenvalue weighted by molar-refractivity contribution is 5.82. The maximum Gasteiger partial charge on any atom is 0.410 e. The highest BCUT2D eigenvalue weighted by Crippen LogP contribution is 2.13. The monoisotopic (exact) mass is 339 g/mol. The molecule has 9 nitrogen and oxygen atoms in total. The fourth-order valence-corrected chi connectivity index (χ4v) is 1.57. The van der Waals surface area contributed by atoms with Crippen LogP contribution in [0.4, 0.5) is 15.4 Å². The van der Waals surface area contributed by atoms with Crippen molar-refractivity contribution in [1.29, 1.82) is 0 Å². The summed E-state index contributed by atoms with van der Waals surface area (Å²) in [7, 11) is 1.41. The molecule has 1 aromatic rings. The summed E-state index contributed by atoms with van der Waals surface area (Å²) in [5.74, 6) is -0.577. The Morgan fingerprint density at radius 3 is 2.58 bits per heavy atom. The zero-order valence-corrected chi connectivity index (χ0v) is 14.0. The molecule has 0 aromatic carbocycles. The summed E-state index contributed by atoms with van der Waals surface area (Å²) < 4.78 is 10.2. The van der Waals surface area contributed by atoms with Crippen molar-refractivity contribution in [3.05, 3.63) is 23.9 Å². The summed E-state index contributed by atoms with van der Waals surface area (Å²) >= 11 is 0. The third kappa shape index (κ3) is 6.95. The molecule has 0 unspecified atom stereocenters. The van der Waals surface area contributed by atoms with Crippen molar-refractivity contribution in [1.82, 2.24) is 9.88 Å². The topological polar surface area (TPSA) is 118 Å². The molecule has 1 aromatic heterocycles. The molecule has 9 heteroatoms. The Morgan fingerprint density at radius 2 is 2.00 bits per heavy atom. The summed E-state index contributed by atoms with van der Waals surface area (Å²) in [6.07, 6.45) is -0.507. The van der Waals surface area contributed by atoms with Crippen molar-refractivity contribution >= 4 is 24.0 Å². The largest absolute Gasteiger partial charge is 0.465 e. The lowest BCUT2D eigenvalue weighted by Gasteiger charge is -2.24. The molecule has 0 atom stereocenters. The van der Waals surface area contributed by atoms with Crippen LogP contribution < -0.4 is 5.32 Å². The molecule has 0 fully saturated rings. The van der Waals surface area contributed by atoms with Crippen molar-refractivity contribution in [2.24, 2.45) is 0 Å². The third-order valence-corrected chi connectivity index (χ3v) is 2.58. The molecule has 0 saturated heterocycles. The van der Waals surface area contributed by atoms with E-state index in [4.69, 9.17) is 14.6 Å². The van der Waals surface area contributed by atoms with Crippen LogP contribution in [0.15, 0.2) is 18.3 Å². The minimum absolute atomic E-state index is 0.0818. The smallest absolute Gasteiger partial charge is 0.410 e. The minimum atomic E-state index is -1.27. The van der Waals surface area contributed by atoms with Crippen LogP contribution in [0, 0.1) is 0 Å². The van der Waals surface area contributed by atoms with Gasteiger partial charge in [0, 0.05) is 18.8 Å². The molecule has 0 radical (unpaired) electrons. The Kier molecular flexibility index (Phi) is 6.51. The average Bonchev–Trinajstić information content (AvgIpc) is 2.44. The first-order valence-corrected chi connectivity index (χ1v) is 7.12. The highest BCUT2D eigenvalue weighted by atomic mass is 16.6. The molecule has 2 N–H and O–H groups in total. The SMILES string of the molecule is CN(CC(=O)OCc1cccnc1NC(=O)O)C(=O)OC(C)(C)C. The van der Waals surface area contributed by atoms with Crippen molar-refractivity contribution < 1.29 is 29.0 Å². The second-order valence-electron chi connectivity index (χ2n) is 5.94. The van der Waals surface area contributed by atoms with Gasteiger partial charge < -0.3 is 19.5 Å². The second kappa shape index (κ2) is 8.14. The lowest BCUT2D eigenvalue weighted by atomic mass is 10.2. The standard InChI is InChI=1S/C15H21N3O6/c1-15(2,3)24-14(22)18(4)8-11(19)23-9-10-6-5-7-16-12(10)17-13(20)21/h5-7H,8-9H2,1-4H3,(H,16,17)(H,20,21). The van der Waals surface area contributed by atoms with Crippen LogP contribution in [0.2, 0.25) is 0 Å². The van der Waals surface area contributed by atoms with Gasteiger partial charge in [-0.25, -0.2) is 14.6 Å². The van der Waals surface area contributed by atoms with Crippen LogP contribution in [0.25, 0.3) is 0 Å². The van der Waals surface area contributed by atoms with Gasteiger partial charge in [0.1, 0.15) is 24.6 Å². The molecule has 0 aliphatic rings. The summed E-state index contributed by atoms with van der Waals surface area (Å²) in [5, 5.41) is 10.8. The summed E-state index contributed by atoms with van der Waals surface area (Å²) in [6.45, 7) is 4.69. The van der Waals surface area contributed by atoms with Gasteiger partial charge in [-0.2, -0.15) is 0 Å². The van der Waals surface area contributed by atoms with E-state index in [0.717, 1.165) is 4.90 Å². The van der Waals surface area contributed by atoms with Crippen LogP contribution in [-0.2, 0) is 20.9 Å². The quantitative estimate of drug-likeness (QED) is 0.788. The number of ether oxygens (including phenoxy) is 2. The number of amides is 2. The number of carbonyl (C=O) groups is 3. The van der Waals surface area contributed by atoms with Gasteiger partial charge >= 0.3 is 18.2 Å². The minimum Gasteiger partial charge on any atom is -0.465 e. The second-order valence-corrected chi connectivity index (χ2v) is 5.94. The number of hydrogen-bond acceptors (Lipinski definition) is 6. The number of esters is 1. The van der Waals surface area contributed by atoms with Gasteiger partial charge in [0.15, 0.2) is 0 Å². The van der Waals surface area contributed by atoms with Crippen molar-refractivity contribution in [3.63, 3.8) is 0 Å². The van der Waals surface area contributed by atoms with Gasteiger partial charge in [-0.05, 0) is 26.8 Å². The van der Waals surface area contributed by atoms with E-state index in [-0.39, 0.29) is 19.0 Å². The number of likely N-dealkylation sites (N-methyl/N-ethyl adjacent to an activating group) is 1. The van der Waals surface area contributed by atoms with Crippen LogP contribution in [0.1, 0.15) is 26.3 Å². The summed E-state index contributed by atoms with van der Waals surface area (Å²) in [6, 6.07) is 3.16. The first-order chi connectivity index (χ1) is 11.1. The first-order valence-electron chi connectivity index (χ1n) is 7.12. The number of nitrogens with one attached hydrogen (secondary N) is 1. The molecule has 0 spiro atoms. The van der Waals surface area contributed by atoms with Gasteiger partial charge in [-0.3, -0.25) is 10.1 Å². The van der Waals surface area contributed by atoms with Gasteiger partial charge in [0.25, 0.3) is 0 Å². The Bertz CT molecular complexity index is 611. The maximum absolute atomic E-state index is 11.8. The predicted molar refractivity (Wildman–Crippen MR) is 84.5 cm³/mol. The fraction of sp³-hybridized carbons (Fsp3) is 0.467. The van der Waals surface area contributed by atoms with E-state index in [1.54, 1.807) is 32.9 Å². The van der Waals surface area contributed by atoms with Crippen LogP contribution in [0.5, 0.6) is 0 Å². The number of hydrogen-bond donors (Lipinski definition) is 2. The van der Waals surface area contributed by atoms with Crippen LogP contribution in [-0.4, -0.2) is 52.3 Å². The Balaban J connectivity index is 2.55. The molecular weight excluding hydrogens is 318 g/mol. The molecule has 1 rings (SSSR count). The molecule has 24 heavy (non-hydrogen) atoms. The Hall–Kier alpha value is -2.84. The van der Waals surface area contributed by atoms with Crippen molar-refractivity contribution in [3.8, 4) is 0 Å². The maximum atomic E-state index is 11.8. The van der Waals surface area contributed by atoms with E-state index in [2.05, 4.69) is 10.3 Å². The normalized spacial score (nSPS) is 10.7. The molecule has 132 valence electrons. The highest BCUT2D eigenvalue weighted by Gasteiger charge is 2.21. The van der Waals surface area contributed by atoms with Crippen LogP contribution in [0.3, 0.4) is 0 Å². The number of carbonyl (C=O) groups excluding carboxylic acids is 2. The van der Waals surface area contributed by atoms with Gasteiger partial charge in [-0.15, -0.1) is 0 Å². The Morgan fingerprint density at radius 1 is 1.33 bits per heavy atom. The van der Waals surface area contributed by atoms with Gasteiger partial charge in [0.05, 0.1) is 0 Å². The zero-order valence-electron chi connectivity index (χ0n) is 14.0. The summed E-state index contributed by atoms with van der Waals surface area (Å²) in [5.41, 5.74) is -0.268. The molecule has 0 saturated carbocycles. The predicted octanol–water partition coefficient (Wildman–Crippen LogP) is 2.08. The first kappa shape index (κ1) is 19.2. The number of nitrogens with zero attached hydrogens (tertiary/aromatic N) is 2. The van der Waals surface area contributed by atoms with Crippen molar-refractivity contribution in [2.75, 3.05) is 18.9 Å². The van der Waals surface area contributed by atoms with Gasteiger partial charge in [-0.1, -0.05) is 6.07 Å². The molecule has 0 aliphatic heterocycles. The molecule has 1 heterocycles. The van der Waals surface area contributed by atoms with E-state index in [1.807, 2.05) is 0 Å². The fourth-order valence-electron chi connectivity index (χ4n) is 1.57. The number of carboxylic acid groups (broad SMARTS) is 1. The van der Waals surface area contributed by atoms with Crippen molar-refractivity contribution in [2.45, 2.75) is 33.0 Å². The van der Waals surface area contributed by atoms with E-state index < -0.39 is 23.8 Å². The molecule has 0 aliphatic carbocycles. The number of pyridine rings is 1. The van der Waals surface area contributed by atoms with E-state index in [1.165, 1.54) is 13.2 Å². The number of rotatable bonds is 5. The average molecular weight is 339 g/mol. The Labute approximate surface area is 139 Å². The van der Waals surface area contributed by atoms with E-state index in [9.17, 15) is 14.4 Å².